The van der Waals surface area contributed by atoms with E-state index in [1.54, 1.807) is 0 Å². The van der Waals surface area contributed by atoms with E-state index in [0.29, 0.717) is 5.92 Å². The van der Waals surface area contributed by atoms with Crippen molar-refractivity contribution in [1.29, 1.82) is 5.41 Å². The summed E-state index contributed by atoms with van der Waals surface area (Å²) < 4.78 is 5.51. The first kappa shape index (κ1) is 26.9. The zero-order valence-corrected chi connectivity index (χ0v) is 20.5. The lowest BCUT2D eigenvalue weighted by molar-refractivity contribution is 0.351. The van der Waals surface area contributed by atoms with E-state index in [9.17, 15) is 0 Å². The van der Waals surface area contributed by atoms with Crippen LogP contribution in [0.5, 0.6) is 0 Å². The van der Waals surface area contributed by atoms with Crippen LogP contribution in [0, 0.1) is 12.3 Å². The van der Waals surface area contributed by atoms with E-state index in [0.717, 1.165) is 23.7 Å². The molecule has 0 fully saturated rings. The van der Waals surface area contributed by atoms with Gasteiger partial charge < -0.3 is 10.3 Å². The second-order valence-corrected chi connectivity index (χ2v) is 8.70. The minimum Gasteiger partial charge on any atom is -0.388 e. The number of amidine groups is 1. The molecule has 1 aromatic heterocycles. The third-order valence-electron chi connectivity index (χ3n) is 5.50. The smallest absolute Gasteiger partial charge is 0.229 e. The molecule has 1 heterocycles. The average molecular weight is 429 g/mol. The van der Waals surface area contributed by atoms with Crippen LogP contribution in [0.3, 0.4) is 0 Å². The van der Waals surface area contributed by atoms with Crippen LogP contribution in [0.25, 0.3) is 11.4 Å². The van der Waals surface area contributed by atoms with Gasteiger partial charge >= 0.3 is 0 Å². The van der Waals surface area contributed by atoms with E-state index in [1.165, 1.54) is 82.3 Å². The van der Waals surface area contributed by atoms with Crippen LogP contribution in [0.15, 0.2) is 22.7 Å². The van der Waals surface area contributed by atoms with Gasteiger partial charge in [-0.15, -0.1) is 0 Å². The fourth-order valence-corrected chi connectivity index (χ4v) is 3.57. The first-order chi connectivity index (χ1) is 14.9. The predicted molar refractivity (Wildman–Crippen MR) is 132 cm³/mol. The molecule has 0 saturated carbocycles. The van der Waals surface area contributed by atoms with Crippen LogP contribution in [-0.2, 0) is 6.42 Å². The first-order valence-corrected chi connectivity index (χ1v) is 12.1. The second-order valence-electron chi connectivity index (χ2n) is 8.70. The topological polar surface area (TPSA) is 88.8 Å². The van der Waals surface area contributed by atoms with Gasteiger partial charge in [0.2, 0.25) is 11.7 Å². The van der Waals surface area contributed by atoms with Crippen LogP contribution in [0.2, 0.25) is 0 Å². The van der Waals surface area contributed by atoms with Crippen LogP contribution in [0.1, 0.15) is 115 Å². The quantitative estimate of drug-likeness (QED) is 0.195. The molecule has 0 aliphatic heterocycles. The SMILES string of the molecule is CC(=N)N.CCCCCCCCCc1ccc(-c2noc([C@@H](C)CCCC)n2)cc1C. The van der Waals surface area contributed by atoms with Crippen LogP contribution < -0.4 is 5.73 Å². The summed E-state index contributed by atoms with van der Waals surface area (Å²) in [5, 5.41) is 10.5. The lowest BCUT2D eigenvalue weighted by atomic mass is 9.99. The molecule has 0 aliphatic rings. The Labute approximate surface area is 189 Å². The number of aryl methyl sites for hydroxylation is 2. The molecular formula is C26H44N4O. The molecule has 2 rings (SSSR count). The molecule has 1 atom stereocenters. The van der Waals surface area contributed by atoms with Gasteiger partial charge in [0.15, 0.2) is 0 Å². The van der Waals surface area contributed by atoms with Gasteiger partial charge in [0.25, 0.3) is 0 Å². The number of benzene rings is 1. The largest absolute Gasteiger partial charge is 0.388 e. The molecule has 0 spiro atoms. The lowest BCUT2D eigenvalue weighted by Gasteiger charge is -2.07. The third kappa shape index (κ3) is 11.1. The summed E-state index contributed by atoms with van der Waals surface area (Å²) in [5.74, 6) is 1.99. The normalized spacial score (nSPS) is 11.6. The fraction of sp³-hybridized carbons (Fsp3) is 0.654. The van der Waals surface area contributed by atoms with Gasteiger partial charge in [-0.2, -0.15) is 4.98 Å². The van der Waals surface area contributed by atoms with Gasteiger partial charge in [-0.25, -0.2) is 0 Å². The number of aromatic nitrogens is 2. The minimum atomic E-state index is 0.167. The summed E-state index contributed by atoms with van der Waals surface area (Å²) in [6, 6.07) is 6.61. The van der Waals surface area contributed by atoms with Crippen molar-refractivity contribution >= 4 is 5.84 Å². The van der Waals surface area contributed by atoms with E-state index in [2.05, 4.69) is 56.0 Å². The van der Waals surface area contributed by atoms with Crippen molar-refractivity contribution < 1.29 is 4.52 Å². The maximum Gasteiger partial charge on any atom is 0.229 e. The number of nitrogens with two attached hydrogens (primary N) is 1. The summed E-state index contributed by atoms with van der Waals surface area (Å²) >= 11 is 0. The van der Waals surface area contributed by atoms with Crippen molar-refractivity contribution in [3.63, 3.8) is 0 Å². The highest BCUT2D eigenvalue weighted by atomic mass is 16.5. The van der Waals surface area contributed by atoms with Gasteiger partial charge in [0.1, 0.15) is 0 Å². The van der Waals surface area contributed by atoms with E-state index in [-0.39, 0.29) is 5.84 Å². The standard InChI is InChI=1S/C24H38N2O.C2H6N2/c1-5-7-9-10-11-12-13-15-21-16-17-22(18-20(21)4)23-25-24(27-26-23)19(3)14-8-6-2;1-2(3)4/h16-19H,5-15H2,1-4H3;1H3,(H3,3,4)/t19-;/m0./s1. The maximum atomic E-state index is 6.28. The van der Waals surface area contributed by atoms with E-state index in [4.69, 9.17) is 15.7 Å². The number of unbranched alkanes of at least 4 members (excludes halogenated alkanes) is 7. The molecule has 0 radical (unpaired) electrons. The Balaban J connectivity index is 0.00000110. The van der Waals surface area contributed by atoms with Crippen molar-refractivity contribution in [2.24, 2.45) is 5.73 Å². The van der Waals surface area contributed by atoms with E-state index >= 15 is 0 Å². The lowest BCUT2D eigenvalue weighted by Crippen LogP contribution is -2.00. The van der Waals surface area contributed by atoms with Gasteiger partial charge in [0, 0.05) is 11.5 Å². The molecule has 174 valence electrons. The molecular weight excluding hydrogens is 384 g/mol. The summed E-state index contributed by atoms with van der Waals surface area (Å²) in [6.07, 6.45) is 14.2. The summed E-state index contributed by atoms with van der Waals surface area (Å²) in [4.78, 5) is 4.64. The Morgan fingerprint density at radius 2 is 1.65 bits per heavy atom. The van der Waals surface area contributed by atoms with Gasteiger partial charge in [-0.05, 0) is 50.3 Å². The molecule has 0 unspecified atom stereocenters. The third-order valence-corrected chi connectivity index (χ3v) is 5.50. The highest BCUT2D eigenvalue weighted by Gasteiger charge is 2.15. The molecule has 5 heteroatoms. The Hall–Kier alpha value is -2.17. The number of nitrogens with one attached hydrogen (secondary N) is 1. The van der Waals surface area contributed by atoms with Gasteiger partial charge in [-0.1, -0.05) is 89.4 Å². The van der Waals surface area contributed by atoms with Crippen molar-refractivity contribution in [3.8, 4) is 11.4 Å². The van der Waals surface area contributed by atoms with Crippen LogP contribution in [-0.4, -0.2) is 16.0 Å². The molecule has 0 amide bonds. The molecule has 1 aromatic carbocycles. The summed E-state index contributed by atoms with van der Waals surface area (Å²) in [6.45, 7) is 10.4. The van der Waals surface area contributed by atoms with Crippen molar-refractivity contribution in [3.05, 3.63) is 35.2 Å². The van der Waals surface area contributed by atoms with Crippen molar-refractivity contribution in [2.45, 2.75) is 111 Å². The van der Waals surface area contributed by atoms with Crippen molar-refractivity contribution in [2.75, 3.05) is 0 Å². The Morgan fingerprint density at radius 1 is 1.03 bits per heavy atom. The summed E-state index contributed by atoms with van der Waals surface area (Å²) in [5.41, 5.74) is 8.55. The number of hydrogen-bond acceptors (Lipinski definition) is 4. The molecule has 0 saturated heterocycles. The first-order valence-electron chi connectivity index (χ1n) is 12.1. The Kier molecular flexibility index (Phi) is 13.5. The second kappa shape index (κ2) is 15.6. The van der Waals surface area contributed by atoms with Crippen LogP contribution in [0.4, 0.5) is 0 Å². The number of hydrogen-bond donors (Lipinski definition) is 2. The average Bonchev–Trinajstić information content (AvgIpc) is 3.22. The predicted octanol–water partition coefficient (Wildman–Crippen LogP) is 7.57. The highest BCUT2D eigenvalue weighted by Crippen LogP contribution is 2.25. The zero-order valence-electron chi connectivity index (χ0n) is 20.5. The molecule has 31 heavy (non-hydrogen) atoms. The summed E-state index contributed by atoms with van der Waals surface area (Å²) in [7, 11) is 0. The Morgan fingerprint density at radius 3 is 2.26 bits per heavy atom. The molecule has 5 nitrogen and oxygen atoms in total. The number of nitrogens with zero attached hydrogens (tertiary/aromatic N) is 2. The monoisotopic (exact) mass is 428 g/mol. The van der Waals surface area contributed by atoms with E-state index in [1.807, 2.05) is 0 Å². The van der Waals surface area contributed by atoms with Gasteiger partial charge in [0.05, 0.1) is 5.84 Å². The van der Waals surface area contributed by atoms with E-state index < -0.39 is 0 Å². The molecule has 2 aromatic rings. The molecule has 3 N–H and O–H groups in total. The highest BCUT2D eigenvalue weighted by molar-refractivity contribution is 5.73. The molecule has 0 aliphatic carbocycles. The molecule has 0 bridgehead atoms. The maximum absolute atomic E-state index is 6.28. The number of rotatable bonds is 13. The van der Waals surface area contributed by atoms with Gasteiger partial charge in [-0.3, -0.25) is 5.41 Å². The van der Waals surface area contributed by atoms with Crippen LogP contribution >= 0.6 is 0 Å². The Bertz CT molecular complexity index is 750. The fourth-order valence-electron chi connectivity index (χ4n) is 3.57. The zero-order chi connectivity index (χ0) is 23.1. The minimum absolute atomic E-state index is 0.167. The van der Waals surface area contributed by atoms with Crippen molar-refractivity contribution in [1.82, 2.24) is 10.1 Å².